The summed E-state index contributed by atoms with van der Waals surface area (Å²) in [7, 11) is 1.58. The highest BCUT2D eigenvalue weighted by Crippen LogP contribution is 2.26. The standard InChI is InChI=1S/C25H24N2O4S/c1-16(28)18-4-8-20(9-5-18)26-24(29)17(2)32-23-14-10-21(11-15-23)27-25(30)19-6-12-22(31-3)13-7-19/h4-15,17H,1-3H3,(H,26,29)(H,27,30). The summed E-state index contributed by atoms with van der Waals surface area (Å²) in [4.78, 5) is 37.1. The maximum Gasteiger partial charge on any atom is 0.255 e. The number of methoxy groups -OCH3 is 1. The zero-order valence-electron chi connectivity index (χ0n) is 18.0. The molecule has 0 aliphatic heterocycles. The fraction of sp³-hybridized carbons (Fsp3) is 0.160. The number of hydrogen-bond donors (Lipinski definition) is 2. The lowest BCUT2D eigenvalue weighted by atomic mass is 10.1. The summed E-state index contributed by atoms with van der Waals surface area (Å²) in [5.41, 5.74) is 2.44. The number of Topliss-reactive ketones (excluding diaryl/α,β-unsaturated/α-hetero) is 1. The third-order valence-electron chi connectivity index (χ3n) is 4.71. The molecule has 1 atom stereocenters. The summed E-state index contributed by atoms with van der Waals surface area (Å²) in [5.74, 6) is 0.323. The van der Waals surface area contributed by atoms with Gasteiger partial charge in [0, 0.05) is 27.4 Å². The fourth-order valence-electron chi connectivity index (χ4n) is 2.85. The smallest absolute Gasteiger partial charge is 0.255 e. The molecule has 0 saturated heterocycles. The molecule has 3 aromatic carbocycles. The number of nitrogens with one attached hydrogen (secondary N) is 2. The lowest BCUT2D eigenvalue weighted by molar-refractivity contribution is -0.115. The summed E-state index contributed by atoms with van der Waals surface area (Å²) in [6.45, 7) is 3.32. The number of carbonyl (C=O) groups excluding carboxylic acids is 3. The molecule has 0 aliphatic carbocycles. The average molecular weight is 449 g/mol. The summed E-state index contributed by atoms with van der Waals surface area (Å²) < 4.78 is 5.10. The highest BCUT2D eigenvalue weighted by molar-refractivity contribution is 8.00. The van der Waals surface area contributed by atoms with Crippen LogP contribution in [0.4, 0.5) is 11.4 Å². The van der Waals surface area contributed by atoms with Gasteiger partial charge in [-0.2, -0.15) is 0 Å². The second kappa shape index (κ2) is 10.6. The Kier molecular flexibility index (Phi) is 7.68. The Balaban J connectivity index is 1.54. The van der Waals surface area contributed by atoms with Gasteiger partial charge in [-0.05, 0) is 86.6 Å². The van der Waals surface area contributed by atoms with E-state index in [1.807, 2.05) is 19.1 Å². The SMILES string of the molecule is COc1ccc(C(=O)Nc2ccc(SC(C)C(=O)Nc3ccc(C(C)=O)cc3)cc2)cc1. The zero-order chi connectivity index (χ0) is 23.1. The van der Waals surface area contributed by atoms with E-state index >= 15 is 0 Å². The third kappa shape index (κ3) is 6.21. The van der Waals surface area contributed by atoms with Gasteiger partial charge in [-0.3, -0.25) is 14.4 Å². The predicted octanol–water partition coefficient (Wildman–Crippen LogP) is 5.27. The van der Waals surface area contributed by atoms with Crippen LogP contribution in [0.1, 0.15) is 34.6 Å². The van der Waals surface area contributed by atoms with Crippen LogP contribution in [-0.4, -0.2) is 30.0 Å². The van der Waals surface area contributed by atoms with Crippen molar-refractivity contribution in [2.24, 2.45) is 0 Å². The number of benzene rings is 3. The Hall–Kier alpha value is -3.58. The number of amides is 2. The van der Waals surface area contributed by atoms with Gasteiger partial charge in [0.2, 0.25) is 5.91 Å². The molecule has 7 heteroatoms. The molecule has 0 aliphatic rings. The van der Waals surface area contributed by atoms with Gasteiger partial charge in [0.05, 0.1) is 12.4 Å². The van der Waals surface area contributed by atoms with E-state index < -0.39 is 0 Å². The van der Waals surface area contributed by atoms with Gasteiger partial charge in [-0.15, -0.1) is 11.8 Å². The van der Waals surface area contributed by atoms with E-state index in [0.717, 1.165) is 4.90 Å². The van der Waals surface area contributed by atoms with Gasteiger partial charge in [-0.25, -0.2) is 0 Å². The second-order valence-corrected chi connectivity index (χ2v) is 8.50. The van der Waals surface area contributed by atoms with Crippen molar-refractivity contribution in [2.75, 3.05) is 17.7 Å². The van der Waals surface area contributed by atoms with Crippen LogP contribution >= 0.6 is 11.8 Å². The molecule has 3 aromatic rings. The van der Waals surface area contributed by atoms with Crippen molar-refractivity contribution in [3.8, 4) is 5.75 Å². The normalized spacial score (nSPS) is 11.3. The van der Waals surface area contributed by atoms with Gasteiger partial charge in [0.25, 0.3) is 5.91 Å². The fourth-order valence-corrected chi connectivity index (χ4v) is 3.72. The van der Waals surface area contributed by atoms with E-state index in [0.29, 0.717) is 28.3 Å². The molecule has 2 amide bonds. The van der Waals surface area contributed by atoms with Crippen LogP contribution in [0.3, 0.4) is 0 Å². The van der Waals surface area contributed by atoms with E-state index in [1.165, 1.54) is 18.7 Å². The predicted molar refractivity (Wildman–Crippen MR) is 128 cm³/mol. The van der Waals surface area contributed by atoms with Crippen LogP contribution in [0, 0.1) is 0 Å². The van der Waals surface area contributed by atoms with Crippen LogP contribution in [-0.2, 0) is 4.79 Å². The lowest BCUT2D eigenvalue weighted by Gasteiger charge is -2.13. The summed E-state index contributed by atoms with van der Waals surface area (Å²) in [6, 6.07) is 21.0. The molecule has 164 valence electrons. The van der Waals surface area contributed by atoms with Gasteiger partial charge in [-0.1, -0.05) is 0 Å². The minimum atomic E-state index is -0.331. The quantitative estimate of drug-likeness (QED) is 0.362. The van der Waals surface area contributed by atoms with Gasteiger partial charge < -0.3 is 15.4 Å². The molecule has 0 spiro atoms. The van der Waals surface area contributed by atoms with Crippen molar-refractivity contribution in [3.05, 3.63) is 83.9 Å². The number of ether oxygens (including phenoxy) is 1. The monoisotopic (exact) mass is 448 g/mol. The molecule has 3 rings (SSSR count). The summed E-state index contributed by atoms with van der Waals surface area (Å²) in [5, 5.41) is 5.38. The topological polar surface area (TPSA) is 84.5 Å². The molecule has 6 nitrogen and oxygen atoms in total. The zero-order valence-corrected chi connectivity index (χ0v) is 18.9. The van der Waals surface area contributed by atoms with Crippen molar-refractivity contribution in [1.29, 1.82) is 0 Å². The average Bonchev–Trinajstić information content (AvgIpc) is 2.80. The molecule has 0 saturated carbocycles. The number of rotatable bonds is 8. The van der Waals surface area contributed by atoms with Gasteiger partial charge >= 0.3 is 0 Å². The first kappa shape index (κ1) is 23.1. The number of hydrogen-bond acceptors (Lipinski definition) is 5. The van der Waals surface area contributed by atoms with E-state index in [1.54, 1.807) is 67.8 Å². The molecule has 0 fully saturated rings. The Morgan fingerprint density at radius 3 is 1.88 bits per heavy atom. The van der Waals surface area contributed by atoms with E-state index in [-0.39, 0.29) is 22.8 Å². The minimum Gasteiger partial charge on any atom is -0.497 e. The van der Waals surface area contributed by atoms with E-state index in [4.69, 9.17) is 4.74 Å². The second-order valence-electron chi connectivity index (χ2n) is 7.09. The number of anilines is 2. The van der Waals surface area contributed by atoms with E-state index in [9.17, 15) is 14.4 Å². The van der Waals surface area contributed by atoms with Crippen molar-refractivity contribution in [2.45, 2.75) is 24.0 Å². The lowest BCUT2D eigenvalue weighted by Crippen LogP contribution is -2.22. The summed E-state index contributed by atoms with van der Waals surface area (Å²) in [6.07, 6.45) is 0. The molecule has 0 aromatic heterocycles. The van der Waals surface area contributed by atoms with Crippen LogP contribution in [0.5, 0.6) is 5.75 Å². The molecule has 0 bridgehead atoms. The van der Waals surface area contributed by atoms with Crippen molar-refractivity contribution in [1.82, 2.24) is 0 Å². The van der Waals surface area contributed by atoms with Crippen molar-refractivity contribution in [3.63, 3.8) is 0 Å². The molecule has 1 unspecified atom stereocenters. The Morgan fingerprint density at radius 2 is 1.31 bits per heavy atom. The van der Waals surface area contributed by atoms with Gasteiger partial charge in [0.15, 0.2) is 5.78 Å². The van der Waals surface area contributed by atoms with Crippen molar-refractivity contribution < 1.29 is 19.1 Å². The Labute approximate surface area is 191 Å². The maximum atomic E-state index is 12.5. The van der Waals surface area contributed by atoms with Crippen LogP contribution in [0.15, 0.2) is 77.7 Å². The first-order valence-electron chi connectivity index (χ1n) is 9.99. The maximum absolute atomic E-state index is 12.5. The molecule has 0 radical (unpaired) electrons. The first-order chi connectivity index (χ1) is 15.4. The van der Waals surface area contributed by atoms with Crippen LogP contribution in [0.2, 0.25) is 0 Å². The van der Waals surface area contributed by atoms with Crippen LogP contribution in [0.25, 0.3) is 0 Å². The Bertz CT molecular complexity index is 1090. The third-order valence-corrected chi connectivity index (χ3v) is 5.82. The first-order valence-corrected chi connectivity index (χ1v) is 10.9. The summed E-state index contributed by atoms with van der Waals surface area (Å²) >= 11 is 1.41. The Morgan fingerprint density at radius 1 is 0.781 bits per heavy atom. The van der Waals surface area contributed by atoms with E-state index in [2.05, 4.69) is 10.6 Å². The molecule has 32 heavy (non-hydrogen) atoms. The highest BCUT2D eigenvalue weighted by Gasteiger charge is 2.15. The highest BCUT2D eigenvalue weighted by atomic mass is 32.2. The minimum absolute atomic E-state index is 0.0181. The number of ketones is 1. The van der Waals surface area contributed by atoms with Crippen molar-refractivity contribution >= 4 is 40.7 Å². The number of carbonyl (C=O) groups is 3. The van der Waals surface area contributed by atoms with Gasteiger partial charge in [0.1, 0.15) is 5.75 Å². The number of thioether (sulfide) groups is 1. The molecular weight excluding hydrogens is 424 g/mol. The molecule has 0 heterocycles. The van der Waals surface area contributed by atoms with Crippen LogP contribution < -0.4 is 15.4 Å². The molecular formula is C25H24N2O4S. The largest absolute Gasteiger partial charge is 0.497 e. The molecule has 2 N–H and O–H groups in total.